The predicted octanol–water partition coefficient (Wildman–Crippen LogP) is 3.13. The number of rotatable bonds is 2. The molecule has 0 unspecified atom stereocenters. The Bertz CT molecular complexity index is 637. The van der Waals surface area contributed by atoms with Crippen LogP contribution in [0.25, 0.3) is 0 Å². The number of aromatic nitrogens is 3. The number of urea groups is 1. The van der Waals surface area contributed by atoms with Gasteiger partial charge in [-0.05, 0) is 12.2 Å². The summed E-state index contributed by atoms with van der Waals surface area (Å²) in [5.74, 6) is 1.04. The van der Waals surface area contributed by atoms with Crippen molar-refractivity contribution in [3.8, 4) is 0 Å². The van der Waals surface area contributed by atoms with Gasteiger partial charge in [-0.2, -0.15) is 0 Å². The third-order valence-electron chi connectivity index (χ3n) is 2.15. The van der Waals surface area contributed by atoms with Crippen molar-refractivity contribution in [2.45, 2.75) is 26.2 Å². The lowest BCUT2D eigenvalue weighted by Gasteiger charge is -2.11. The first-order chi connectivity index (χ1) is 8.84. The second kappa shape index (κ2) is 5.10. The number of nitrogens with one attached hydrogen (secondary N) is 3. The highest BCUT2D eigenvalue weighted by Gasteiger charge is 2.20. The van der Waals surface area contributed by atoms with Gasteiger partial charge in [-0.25, -0.2) is 4.79 Å². The van der Waals surface area contributed by atoms with E-state index in [2.05, 4.69) is 26.0 Å². The van der Waals surface area contributed by atoms with E-state index in [0.717, 1.165) is 0 Å². The van der Waals surface area contributed by atoms with E-state index in [4.69, 9.17) is 16.7 Å². The van der Waals surface area contributed by atoms with Crippen LogP contribution < -0.4 is 10.6 Å². The number of carbonyl (C=O) groups excluding carboxylic acids is 1. The van der Waals surface area contributed by atoms with Crippen molar-refractivity contribution < 1.29 is 9.32 Å². The second-order valence-corrected chi connectivity index (χ2v) is 6.49. The smallest absolute Gasteiger partial charge is 0.326 e. The molecule has 9 heteroatoms. The zero-order valence-electron chi connectivity index (χ0n) is 10.6. The molecule has 0 saturated heterocycles. The van der Waals surface area contributed by atoms with Gasteiger partial charge in [0.2, 0.25) is 5.13 Å². The van der Waals surface area contributed by atoms with Gasteiger partial charge in [0, 0.05) is 11.5 Å². The van der Waals surface area contributed by atoms with Gasteiger partial charge in [0.15, 0.2) is 9.77 Å². The molecule has 2 heterocycles. The molecule has 0 aliphatic rings. The molecular weight excluding hydrogens is 286 g/mol. The molecule has 0 aliphatic heterocycles. The van der Waals surface area contributed by atoms with E-state index in [0.29, 0.717) is 20.7 Å². The van der Waals surface area contributed by atoms with E-state index < -0.39 is 6.03 Å². The maximum Gasteiger partial charge on any atom is 0.326 e. The van der Waals surface area contributed by atoms with Gasteiger partial charge in [-0.3, -0.25) is 15.7 Å². The average Bonchev–Trinajstić information content (AvgIpc) is 2.87. The van der Waals surface area contributed by atoms with E-state index in [1.54, 1.807) is 6.07 Å². The van der Waals surface area contributed by atoms with Crippen molar-refractivity contribution in [3.63, 3.8) is 0 Å². The molecule has 19 heavy (non-hydrogen) atoms. The number of amides is 2. The SMILES string of the molecule is CC(C)(C)c1cc(NC(=O)Nc2n[nH]c(=S)s2)no1. The largest absolute Gasteiger partial charge is 0.359 e. The van der Waals surface area contributed by atoms with Crippen LogP contribution in [-0.2, 0) is 5.41 Å². The molecule has 0 radical (unpaired) electrons. The topological polar surface area (TPSA) is 95.8 Å². The lowest BCUT2D eigenvalue weighted by atomic mass is 9.93. The first-order valence-corrected chi connectivity index (χ1v) is 6.68. The monoisotopic (exact) mass is 299 g/mol. The summed E-state index contributed by atoms with van der Waals surface area (Å²) in [6.07, 6.45) is 0. The molecule has 7 nitrogen and oxygen atoms in total. The lowest BCUT2D eigenvalue weighted by molar-refractivity contribution is 0.262. The summed E-state index contributed by atoms with van der Waals surface area (Å²) in [6.45, 7) is 5.98. The van der Waals surface area contributed by atoms with E-state index in [1.807, 2.05) is 20.8 Å². The number of anilines is 2. The number of H-pyrrole nitrogens is 1. The fraction of sp³-hybridized carbons (Fsp3) is 0.400. The van der Waals surface area contributed by atoms with Crippen molar-refractivity contribution in [3.05, 3.63) is 15.8 Å². The van der Waals surface area contributed by atoms with E-state index >= 15 is 0 Å². The molecule has 0 spiro atoms. The van der Waals surface area contributed by atoms with Crippen LogP contribution in [0.2, 0.25) is 0 Å². The first-order valence-electron chi connectivity index (χ1n) is 5.45. The Balaban J connectivity index is 1.99. The van der Waals surface area contributed by atoms with Crippen molar-refractivity contribution >= 4 is 40.5 Å². The number of hydrogen-bond donors (Lipinski definition) is 3. The highest BCUT2D eigenvalue weighted by Crippen LogP contribution is 2.24. The highest BCUT2D eigenvalue weighted by atomic mass is 32.1. The Morgan fingerprint density at radius 1 is 1.47 bits per heavy atom. The summed E-state index contributed by atoms with van der Waals surface area (Å²) in [5.41, 5.74) is -0.162. The third-order valence-corrected chi connectivity index (χ3v) is 3.15. The standard InChI is InChI=1S/C10H13N5O2S2/c1-10(2,3)5-4-6(15-17-5)11-7(16)12-8-13-14-9(18)19-8/h4H,1-3H3,(H,14,18)(H2,11,12,13,15,16). The molecule has 0 fully saturated rings. The van der Waals surface area contributed by atoms with Crippen LogP contribution in [0.15, 0.2) is 10.6 Å². The third kappa shape index (κ3) is 3.61. The summed E-state index contributed by atoms with van der Waals surface area (Å²) >= 11 is 6.03. The minimum absolute atomic E-state index is 0.162. The molecule has 0 aliphatic carbocycles. The number of aromatic amines is 1. The predicted molar refractivity (Wildman–Crippen MR) is 75.1 cm³/mol. The van der Waals surface area contributed by atoms with E-state index in [1.165, 1.54) is 11.3 Å². The molecule has 102 valence electrons. The van der Waals surface area contributed by atoms with Crippen LogP contribution >= 0.6 is 23.6 Å². The normalized spacial score (nSPS) is 11.3. The van der Waals surface area contributed by atoms with Gasteiger partial charge < -0.3 is 4.52 Å². The van der Waals surface area contributed by atoms with Crippen molar-refractivity contribution in [2.24, 2.45) is 0 Å². The van der Waals surface area contributed by atoms with Crippen LogP contribution in [0.1, 0.15) is 26.5 Å². The fourth-order valence-corrected chi connectivity index (χ4v) is 2.00. The molecule has 2 aromatic heterocycles. The summed E-state index contributed by atoms with van der Waals surface area (Å²) in [5, 5.41) is 15.6. The van der Waals surface area contributed by atoms with E-state index in [9.17, 15) is 4.79 Å². The van der Waals surface area contributed by atoms with Gasteiger partial charge >= 0.3 is 6.03 Å². The minimum atomic E-state index is -0.452. The van der Waals surface area contributed by atoms with Crippen LogP contribution in [0.3, 0.4) is 0 Å². The molecule has 0 aromatic carbocycles. The quantitative estimate of drug-likeness (QED) is 0.740. The zero-order valence-corrected chi connectivity index (χ0v) is 12.2. The van der Waals surface area contributed by atoms with Crippen LogP contribution in [-0.4, -0.2) is 21.4 Å². The molecule has 2 rings (SSSR count). The van der Waals surface area contributed by atoms with Gasteiger partial charge in [-0.15, -0.1) is 5.10 Å². The summed E-state index contributed by atoms with van der Waals surface area (Å²) in [4.78, 5) is 11.7. The molecule has 2 aromatic rings. The van der Waals surface area contributed by atoms with Crippen LogP contribution in [0.5, 0.6) is 0 Å². The van der Waals surface area contributed by atoms with Crippen LogP contribution in [0, 0.1) is 3.95 Å². The summed E-state index contributed by atoms with van der Waals surface area (Å²) in [6, 6.07) is 1.23. The highest BCUT2D eigenvalue weighted by molar-refractivity contribution is 7.73. The Morgan fingerprint density at radius 3 is 2.74 bits per heavy atom. The van der Waals surface area contributed by atoms with Crippen LogP contribution in [0.4, 0.5) is 15.7 Å². The Hall–Kier alpha value is -1.74. The Labute approximate surface area is 118 Å². The minimum Gasteiger partial charge on any atom is -0.359 e. The van der Waals surface area contributed by atoms with Gasteiger partial charge in [-0.1, -0.05) is 37.3 Å². The molecule has 0 atom stereocenters. The molecule has 0 saturated carbocycles. The first kappa shape index (κ1) is 13.7. The second-order valence-electron chi connectivity index (χ2n) is 4.82. The van der Waals surface area contributed by atoms with Crippen molar-refractivity contribution in [2.75, 3.05) is 10.6 Å². The van der Waals surface area contributed by atoms with Gasteiger partial charge in [0.05, 0.1) is 0 Å². The average molecular weight is 299 g/mol. The molecule has 0 bridgehead atoms. The van der Waals surface area contributed by atoms with Crippen molar-refractivity contribution in [1.29, 1.82) is 0 Å². The maximum atomic E-state index is 11.7. The maximum absolute atomic E-state index is 11.7. The van der Waals surface area contributed by atoms with Gasteiger partial charge in [0.25, 0.3) is 0 Å². The summed E-state index contributed by atoms with van der Waals surface area (Å²) in [7, 11) is 0. The number of nitrogens with zero attached hydrogens (tertiary/aromatic N) is 2. The lowest BCUT2D eigenvalue weighted by Crippen LogP contribution is -2.19. The van der Waals surface area contributed by atoms with Gasteiger partial charge in [0.1, 0.15) is 5.76 Å². The fourth-order valence-electron chi connectivity index (χ4n) is 1.22. The van der Waals surface area contributed by atoms with Crippen molar-refractivity contribution in [1.82, 2.24) is 15.4 Å². The zero-order chi connectivity index (χ0) is 14.0. The Kier molecular flexibility index (Phi) is 3.67. The molecule has 2 amide bonds. The molecular formula is C10H13N5O2S2. The number of carbonyl (C=O) groups is 1. The Morgan fingerprint density at radius 2 is 2.21 bits per heavy atom. The molecule has 3 N–H and O–H groups in total. The van der Waals surface area contributed by atoms with E-state index in [-0.39, 0.29) is 5.41 Å². The summed E-state index contributed by atoms with van der Waals surface area (Å²) < 4.78 is 5.65. The number of hydrogen-bond acceptors (Lipinski definition) is 6.